The highest BCUT2D eigenvalue weighted by Gasteiger charge is 2.56. The SMILES string of the molecule is CCCS(=O)(=O)N1CC2(C1)OCC[C@H]2COCc1ccncc1. The molecule has 0 saturated carbocycles. The highest BCUT2D eigenvalue weighted by atomic mass is 32.2. The summed E-state index contributed by atoms with van der Waals surface area (Å²) in [5.41, 5.74) is 0.757. The molecule has 3 heterocycles. The third-order valence-electron chi connectivity index (χ3n) is 4.68. The van der Waals surface area contributed by atoms with Crippen LogP contribution in [0.1, 0.15) is 25.3 Å². The lowest BCUT2D eigenvalue weighted by molar-refractivity contribution is -0.115. The van der Waals surface area contributed by atoms with Crippen molar-refractivity contribution in [3.63, 3.8) is 0 Å². The van der Waals surface area contributed by atoms with Crippen LogP contribution in [0.2, 0.25) is 0 Å². The molecule has 23 heavy (non-hydrogen) atoms. The van der Waals surface area contributed by atoms with Gasteiger partial charge in [0.2, 0.25) is 10.0 Å². The van der Waals surface area contributed by atoms with Crippen LogP contribution in [0, 0.1) is 5.92 Å². The van der Waals surface area contributed by atoms with Gasteiger partial charge >= 0.3 is 0 Å². The Morgan fingerprint density at radius 1 is 1.39 bits per heavy atom. The smallest absolute Gasteiger partial charge is 0.214 e. The Balaban J connectivity index is 1.51. The van der Waals surface area contributed by atoms with Gasteiger partial charge in [-0.15, -0.1) is 0 Å². The summed E-state index contributed by atoms with van der Waals surface area (Å²) in [6, 6.07) is 3.87. The molecule has 1 atom stereocenters. The molecule has 2 aliphatic rings. The van der Waals surface area contributed by atoms with E-state index >= 15 is 0 Å². The largest absolute Gasteiger partial charge is 0.376 e. The van der Waals surface area contributed by atoms with Gasteiger partial charge in [-0.1, -0.05) is 6.92 Å². The van der Waals surface area contributed by atoms with Gasteiger partial charge in [0.05, 0.1) is 19.0 Å². The van der Waals surface area contributed by atoms with Crippen LogP contribution in [0.4, 0.5) is 0 Å². The highest BCUT2D eigenvalue weighted by Crippen LogP contribution is 2.41. The third kappa shape index (κ3) is 3.57. The fourth-order valence-electron chi connectivity index (χ4n) is 3.30. The Kier molecular flexibility index (Phi) is 5.01. The van der Waals surface area contributed by atoms with Crippen LogP contribution < -0.4 is 0 Å². The summed E-state index contributed by atoms with van der Waals surface area (Å²) in [6.07, 6.45) is 5.08. The number of sulfonamides is 1. The van der Waals surface area contributed by atoms with Crippen molar-refractivity contribution in [2.75, 3.05) is 32.1 Å². The van der Waals surface area contributed by atoms with Crippen LogP contribution in [0.3, 0.4) is 0 Å². The van der Waals surface area contributed by atoms with E-state index in [4.69, 9.17) is 9.47 Å². The fraction of sp³-hybridized carbons (Fsp3) is 0.688. The molecule has 0 bridgehead atoms. The lowest BCUT2D eigenvalue weighted by Crippen LogP contribution is -2.66. The lowest BCUT2D eigenvalue weighted by Gasteiger charge is -2.49. The molecule has 0 aromatic carbocycles. The molecule has 2 saturated heterocycles. The summed E-state index contributed by atoms with van der Waals surface area (Å²) < 4.78 is 37.5. The molecular formula is C16H24N2O4S. The van der Waals surface area contributed by atoms with Gasteiger partial charge in [0, 0.05) is 38.0 Å². The van der Waals surface area contributed by atoms with E-state index in [1.165, 1.54) is 0 Å². The van der Waals surface area contributed by atoms with Gasteiger partial charge < -0.3 is 9.47 Å². The average Bonchev–Trinajstić information content (AvgIpc) is 2.91. The Hall–Kier alpha value is -1.02. The Morgan fingerprint density at radius 2 is 2.13 bits per heavy atom. The van der Waals surface area contributed by atoms with Gasteiger partial charge in [-0.05, 0) is 30.5 Å². The second-order valence-corrected chi connectivity index (χ2v) is 8.44. The molecule has 2 fully saturated rings. The molecule has 0 unspecified atom stereocenters. The number of hydrogen-bond acceptors (Lipinski definition) is 5. The molecule has 3 rings (SSSR count). The zero-order chi connectivity index (χ0) is 16.3. The maximum Gasteiger partial charge on any atom is 0.214 e. The topological polar surface area (TPSA) is 68.7 Å². The summed E-state index contributed by atoms with van der Waals surface area (Å²) in [5, 5.41) is 0. The predicted octanol–water partition coefficient (Wildman–Crippen LogP) is 1.43. The van der Waals surface area contributed by atoms with Crippen LogP contribution in [-0.4, -0.2) is 55.4 Å². The molecule has 1 spiro atoms. The van der Waals surface area contributed by atoms with Crippen molar-refractivity contribution in [1.29, 1.82) is 0 Å². The van der Waals surface area contributed by atoms with Crippen molar-refractivity contribution in [3.05, 3.63) is 30.1 Å². The summed E-state index contributed by atoms with van der Waals surface area (Å²) in [4.78, 5) is 3.98. The molecular weight excluding hydrogens is 316 g/mol. The van der Waals surface area contributed by atoms with E-state index in [2.05, 4.69) is 4.98 Å². The van der Waals surface area contributed by atoms with Crippen molar-refractivity contribution in [2.24, 2.45) is 5.92 Å². The normalized spacial score (nSPS) is 24.0. The van der Waals surface area contributed by atoms with Crippen LogP contribution in [0.15, 0.2) is 24.5 Å². The van der Waals surface area contributed by atoms with Gasteiger partial charge in [0.25, 0.3) is 0 Å². The van der Waals surface area contributed by atoms with E-state index < -0.39 is 10.0 Å². The molecule has 0 N–H and O–H groups in total. The van der Waals surface area contributed by atoms with E-state index in [0.29, 0.717) is 39.3 Å². The first-order chi connectivity index (χ1) is 11.1. The molecule has 2 aliphatic heterocycles. The molecule has 0 aliphatic carbocycles. The highest BCUT2D eigenvalue weighted by molar-refractivity contribution is 7.89. The Bertz CT molecular complexity index is 614. The van der Waals surface area contributed by atoms with E-state index in [-0.39, 0.29) is 17.3 Å². The second-order valence-electron chi connectivity index (χ2n) is 6.35. The quantitative estimate of drug-likeness (QED) is 0.751. The third-order valence-corrected chi connectivity index (χ3v) is 6.65. The van der Waals surface area contributed by atoms with Crippen molar-refractivity contribution in [2.45, 2.75) is 32.0 Å². The Labute approximate surface area is 137 Å². The van der Waals surface area contributed by atoms with Gasteiger partial charge in [0.15, 0.2) is 0 Å². The summed E-state index contributed by atoms with van der Waals surface area (Å²) in [5.74, 6) is 0.476. The number of pyridine rings is 1. The van der Waals surface area contributed by atoms with Crippen LogP contribution >= 0.6 is 0 Å². The first-order valence-electron chi connectivity index (χ1n) is 8.14. The second kappa shape index (κ2) is 6.84. The average molecular weight is 340 g/mol. The molecule has 128 valence electrons. The summed E-state index contributed by atoms with van der Waals surface area (Å²) in [6.45, 7) is 4.66. The minimum absolute atomic E-state index is 0.215. The van der Waals surface area contributed by atoms with Gasteiger partial charge in [0.1, 0.15) is 5.60 Å². The van der Waals surface area contributed by atoms with Gasteiger partial charge in [-0.2, -0.15) is 4.31 Å². The first-order valence-corrected chi connectivity index (χ1v) is 9.75. The summed E-state index contributed by atoms with van der Waals surface area (Å²) in [7, 11) is -3.12. The zero-order valence-corrected chi connectivity index (χ0v) is 14.3. The monoisotopic (exact) mass is 340 g/mol. The van der Waals surface area contributed by atoms with E-state index in [1.54, 1.807) is 16.7 Å². The van der Waals surface area contributed by atoms with Crippen molar-refractivity contribution < 1.29 is 17.9 Å². The van der Waals surface area contributed by atoms with E-state index in [0.717, 1.165) is 12.0 Å². The van der Waals surface area contributed by atoms with Gasteiger partial charge in [-0.3, -0.25) is 4.98 Å². The number of nitrogens with zero attached hydrogens (tertiary/aromatic N) is 2. The molecule has 7 heteroatoms. The van der Waals surface area contributed by atoms with Crippen LogP contribution in [0.5, 0.6) is 0 Å². The maximum atomic E-state index is 12.1. The van der Waals surface area contributed by atoms with Crippen molar-refractivity contribution in [3.8, 4) is 0 Å². The molecule has 0 radical (unpaired) electrons. The number of hydrogen-bond donors (Lipinski definition) is 0. The fourth-order valence-corrected chi connectivity index (χ4v) is 4.91. The standard InChI is InChI=1S/C16H24N2O4S/c1-2-9-23(19,20)18-12-16(13-18)15(5-8-22-16)11-21-10-14-3-6-17-7-4-14/h3-4,6-7,15H,2,5,8-13H2,1H3/t15-/m0/s1. The van der Waals surface area contributed by atoms with Crippen LogP contribution in [-0.2, 0) is 26.1 Å². The Morgan fingerprint density at radius 3 is 2.83 bits per heavy atom. The molecule has 1 aromatic heterocycles. The van der Waals surface area contributed by atoms with Crippen LogP contribution in [0.25, 0.3) is 0 Å². The first kappa shape index (κ1) is 16.8. The zero-order valence-electron chi connectivity index (χ0n) is 13.5. The van der Waals surface area contributed by atoms with Crippen molar-refractivity contribution >= 4 is 10.0 Å². The maximum absolute atomic E-state index is 12.1. The number of rotatable bonds is 7. The van der Waals surface area contributed by atoms with E-state index in [9.17, 15) is 8.42 Å². The van der Waals surface area contributed by atoms with E-state index in [1.807, 2.05) is 19.1 Å². The molecule has 6 nitrogen and oxygen atoms in total. The summed E-state index contributed by atoms with van der Waals surface area (Å²) >= 11 is 0. The predicted molar refractivity (Wildman–Crippen MR) is 86.3 cm³/mol. The van der Waals surface area contributed by atoms with Gasteiger partial charge in [-0.25, -0.2) is 8.42 Å². The minimum Gasteiger partial charge on any atom is -0.376 e. The number of aromatic nitrogens is 1. The molecule has 0 amide bonds. The minimum atomic E-state index is -3.12. The number of ether oxygens (including phenoxy) is 2. The lowest BCUT2D eigenvalue weighted by atomic mass is 9.83. The molecule has 1 aromatic rings. The van der Waals surface area contributed by atoms with Crippen molar-refractivity contribution in [1.82, 2.24) is 9.29 Å².